The first-order valence-corrected chi connectivity index (χ1v) is 6.56. The summed E-state index contributed by atoms with van der Waals surface area (Å²) in [6.45, 7) is -0.296. The summed E-state index contributed by atoms with van der Waals surface area (Å²) in [5.74, 6) is 0.217. The van der Waals surface area contributed by atoms with Gasteiger partial charge in [-0.1, -0.05) is 29.3 Å². The summed E-state index contributed by atoms with van der Waals surface area (Å²) < 4.78 is 44.1. The van der Waals surface area contributed by atoms with E-state index in [1.54, 1.807) is 6.07 Å². The van der Waals surface area contributed by atoms with Gasteiger partial charge in [0.05, 0.1) is 10.6 Å². The first-order valence-electron chi connectivity index (χ1n) is 5.81. The molecular weight excluding hydrogens is 326 g/mol. The first kappa shape index (κ1) is 15.8. The van der Waals surface area contributed by atoms with E-state index in [0.29, 0.717) is 5.02 Å². The molecule has 2 rings (SSSR count). The Morgan fingerprint density at radius 2 is 1.76 bits per heavy atom. The van der Waals surface area contributed by atoms with Gasteiger partial charge in [0, 0.05) is 22.3 Å². The highest BCUT2D eigenvalue weighted by atomic mass is 35.5. The van der Waals surface area contributed by atoms with E-state index < -0.39 is 11.7 Å². The van der Waals surface area contributed by atoms with Crippen LogP contribution in [0.25, 0.3) is 0 Å². The van der Waals surface area contributed by atoms with Gasteiger partial charge in [0.2, 0.25) is 0 Å². The summed E-state index contributed by atoms with van der Waals surface area (Å²) >= 11 is 11.7. The second-order valence-corrected chi connectivity index (χ2v) is 5.12. The van der Waals surface area contributed by atoms with Gasteiger partial charge in [-0.25, -0.2) is 0 Å². The SMILES string of the molecule is Nc1ccc(COc2cc(Cl)ccc2Cl)c(C(F)(F)F)c1. The molecule has 0 unspecified atom stereocenters. The van der Waals surface area contributed by atoms with Crippen molar-refractivity contribution in [2.75, 3.05) is 5.73 Å². The van der Waals surface area contributed by atoms with E-state index in [2.05, 4.69) is 0 Å². The van der Waals surface area contributed by atoms with Crippen LogP contribution in [-0.2, 0) is 12.8 Å². The molecule has 0 radical (unpaired) electrons. The van der Waals surface area contributed by atoms with Crippen LogP contribution in [0.3, 0.4) is 0 Å². The van der Waals surface area contributed by atoms with Gasteiger partial charge in [0.25, 0.3) is 0 Å². The zero-order chi connectivity index (χ0) is 15.6. The number of hydrogen-bond acceptors (Lipinski definition) is 2. The molecule has 0 atom stereocenters. The van der Waals surface area contributed by atoms with Crippen molar-refractivity contribution < 1.29 is 17.9 Å². The van der Waals surface area contributed by atoms with E-state index >= 15 is 0 Å². The normalized spacial score (nSPS) is 11.5. The fourth-order valence-corrected chi connectivity index (χ4v) is 2.06. The van der Waals surface area contributed by atoms with E-state index in [1.807, 2.05) is 0 Å². The third-order valence-electron chi connectivity index (χ3n) is 2.72. The molecular formula is C14H10Cl2F3NO. The van der Waals surface area contributed by atoms with Gasteiger partial charge in [0.1, 0.15) is 12.4 Å². The second kappa shape index (κ2) is 6.03. The van der Waals surface area contributed by atoms with Crippen molar-refractivity contribution in [1.29, 1.82) is 0 Å². The van der Waals surface area contributed by atoms with Crippen LogP contribution in [0.2, 0.25) is 10.0 Å². The van der Waals surface area contributed by atoms with Crippen molar-refractivity contribution in [3.8, 4) is 5.75 Å². The number of anilines is 1. The average Bonchev–Trinajstić information content (AvgIpc) is 2.40. The lowest BCUT2D eigenvalue weighted by Gasteiger charge is -2.15. The number of hydrogen-bond donors (Lipinski definition) is 1. The molecule has 0 saturated carbocycles. The molecule has 0 spiro atoms. The largest absolute Gasteiger partial charge is 0.487 e. The summed E-state index contributed by atoms with van der Waals surface area (Å²) in [4.78, 5) is 0. The van der Waals surface area contributed by atoms with Crippen molar-refractivity contribution in [1.82, 2.24) is 0 Å². The number of nitrogens with two attached hydrogens (primary N) is 1. The lowest BCUT2D eigenvalue weighted by molar-refractivity contribution is -0.138. The minimum Gasteiger partial charge on any atom is -0.487 e. The van der Waals surface area contributed by atoms with Crippen LogP contribution < -0.4 is 10.5 Å². The van der Waals surface area contributed by atoms with Crippen molar-refractivity contribution in [3.63, 3.8) is 0 Å². The molecule has 2 aromatic carbocycles. The van der Waals surface area contributed by atoms with Crippen LogP contribution in [-0.4, -0.2) is 0 Å². The number of benzene rings is 2. The van der Waals surface area contributed by atoms with Crippen molar-refractivity contribution in [2.45, 2.75) is 12.8 Å². The maximum absolute atomic E-state index is 12.9. The number of nitrogen functional groups attached to an aromatic ring is 1. The molecule has 0 aromatic heterocycles. The van der Waals surface area contributed by atoms with Gasteiger partial charge in [0.15, 0.2) is 0 Å². The highest BCUT2D eigenvalue weighted by Gasteiger charge is 2.33. The quantitative estimate of drug-likeness (QED) is 0.785. The predicted molar refractivity (Wildman–Crippen MR) is 76.7 cm³/mol. The standard InChI is InChI=1S/C14H10Cl2F3NO/c15-9-2-4-12(16)13(5-9)21-7-8-1-3-10(20)6-11(8)14(17,18)19/h1-6H,7,20H2. The van der Waals surface area contributed by atoms with E-state index in [0.717, 1.165) is 6.07 Å². The molecule has 0 aliphatic heterocycles. The predicted octanol–water partition coefficient (Wildman–Crippen LogP) is 5.17. The summed E-state index contributed by atoms with van der Waals surface area (Å²) in [7, 11) is 0. The molecule has 7 heteroatoms. The Morgan fingerprint density at radius 1 is 1.05 bits per heavy atom. The van der Waals surface area contributed by atoms with E-state index in [-0.39, 0.29) is 28.6 Å². The second-order valence-electron chi connectivity index (χ2n) is 4.28. The minimum absolute atomic E-state index is 0.0341. The maximum atomic E-state index is 12.9. The molecule has 0 heterocycles. The van der Waals surface area contributed by atoms with E-state index in [1.165, 1.54) is 24.3 Å². The fourth-order valence-electron chi connectivity index (χ4n) is 1.73. The zero-order valence-corrected chi connectivity index (χ0v) is 12.1. The molecule has 0 fully saturated rings. The number of alkyl halides is 3. The third-order valence-corrected chi connectivity index (χ3v) is 3.26. The lowest BCUT2D eigenvalue weighted by Crippen LogP contribution is -2.11. The Labute approximate surface area is 129 Å². The summed E-state index contributed by atoms with van der Waals surface area (Å²) in [5.41, 5.74) is 4.56. The topological polar surface area (TPSA) is 35.2 Å². The Bertz CT molecular complexity index is 659. The van der Waals surface area contributed by atoms with Crippen molar-refractivity contribution in [3.05, 3.63) is 57.6 Å². The van der Waals surface area contributed by atoms with Gasteiger partial charge in [-0.05, 0) is 24.3 Å². The van der Waals surface area contributed by atoms with E-state index in [4.69, 9.17) is 33.7 Å². The molecule has 21 heavy (non-hydrogen) atoms. The molecule has 2 N–H and O–H groups in total. The molecule has 2 nitrogen and oxygen atoms in total. The lowest BCUT2D eigenvalue weighted by atomic mass is 10.1. The highest BCUT2D eigenvalue weighted by molar-refractivity contribution is 6.34. The molecule has 0 aliphatic rings. The molecule has 0 bridgehead atoms. The van der Waals surface area contributed by atoms with Gasteiger partial charge < -0.3 is 10.5 Å². The monoisotopic (exact) mass is 335 g/mol. The maximum Gasteiger partial charge on any atom is 0.416 e. The van der Waals surface area contributed by atoms with E-state index in [9.17, 15) is 13.2 Å². The van der Waals surface area contributed by atoms with Crippen LogP contribution in [0.15, 0.2) is 36.4 Å². The van der Waals surface area contributed by atoms with Crippen LogP contribution >= 0.6 is 23.2 Å². The zero-order valence-electron chi connectivity index (χ0n) is 10.5. The third kappa shape index (κ3) is 3.95. The smallest absolute Gasteiger partial charge is 0.416 e. The fraction of sp³-hybridized carbons (Fsp3) is 0.143. The van der Waals surface area contributed by atoms with Gasteiger partial charge >= 0.3 is 6.18 Å². The molecule has 0 aliphatic carbocycles. The number of rotatable bonds is 3. The molecule has 0 saturated heterocycles. The Hall–Kier alpha value is -1.59. The average molecular weight is 336 g/mol. The summed E-state index contributed by atoms with van der Waals surface area (Å²) in [6, 6.07) is 8.03. The highest BCUT2D eigenvalue weighted by Crippen LogP contribution is 2.34. The van der Waals surface area contributed by atoms with Crippen LogP contribution in [0.4, 0.5) is 18.9 Å². The minimum atomic E-state index is -4.51. The summed E-state index contributed by atoms with van der Waals surface area (Å²) in [5, 5.41) is 0.645. The molecule has 0 amide bonds. The van der Waals surface area contributed by atoms with Gasteiger partial charge in [-0.15, -0.1) is 0 Å². The number of halogens is 5. The Morgan fingerprint density at radius 3 is 2.43 bits per heavy atom. The Kier molecular flexibility index (Phi) is 4.54. The first-order chi connectivity index (χ1) is 9.77. The van der Waals surface area contributed by atoms with Crippen LogP contribution in [0.1, 0.15) is 11.1 Å². The van der Waals surface area contributed by atoms with Gasteiger partial charge in [-0.2, -0.15) is 13.2 Å². The molecule has 2 aromatic rings. The van der Waals surface area contributed by atoms with Gasteiger partial charge in [-0.3, -0.25) is 0 Å². The summed E-state index contributed by atoms with van der Waals surface area (Å²) in [6.07, 6.45) is -4.51. The van der Waals surface area contributed by atoms with Crippen molar-refractivity contribution >= 4 is 28.9 Å². The van der Waals surface area contributed by atoms with Crippen LogP contribution in [0, 0.1) is 0 Å². The Balaban J connectivity index is 2.26. The van der Waals surface area contributed by atoms with Crippen LogP contribution in [0.5, 0.6) is 5.75 Å². The molecule has 112 valence electrons. The van der Waals surface area contributed by atoms with Crippen molar-refractivity contribution in [2.24, 2.45) is 0 Å². The number of ether oxygens (including phenoxy) is 1.